The van der Waals surface area contributed by atoms with Gasteiger partial charge in [0.2, 0.25) is 11.8 Å². The molecule has 0 radical (unpaired) electrons. The number of fused-ring (bicyclic) bond motifs is 1. The number of amides is 2. The van der Waals surface area contributed by atoms with E-state index in [9.17, 15) is 14.0 Å². The molecular weight excluding hydrogens is 451 g/mol. The predicted molar refractivity (Wildman–Crippen MR) is 132 cm³/mol. The summed E-state index contributed by atoms with van der Waals surface area (Å²) in [6, 6.07) is 14.8. The molecule has 3 aliphatic rings. The lowest BCUT2D eigenvalue weighted by atomic mass is 9.94. The van der Waals surface area contributed by atoms with Crippen molar-refractivity contribution in [3.05, 3.63) is 76.4 Å². The number of nitrogens with one attached hydrogen (secondary N) is 3. The Hall–Kier alpha value is -2.68. The molecule has 2 saturated heterocycles. The van der Waals surface area contributed by atoms with Crippen LogP contribution in [0.1, 0.15) is 29.5 Å². The van der Waals surface area contributed by atoms with Crippen molar-refractivity contribution in [2.75, 3.05) is 13.1 Å². The number of halogens is 1. The van der Waals surface area contributed by atoms with E-state index in [2.05, 4.69) is 57.4 Å². The average Bonchev–Trinajstić information content (AvgIpc) is 3.28. The van der Waals surface area contributed by atoms with Gasteiger partial charge in [0.05, 0.1) is 12.0 Å². The number of carbonyl (C=O) groups is 2. The molecule has 2 aromatic rings. The van der Waals surface area contributed by atoms with Crippen molar-refractivity contribution < 1.29 is 14.0 Å². The number of likely N-dealkylation sites (tertiary alicyclic amines) is 1. The van der Waals surface area contributed by atoms with Gasteiger partial charge in [0, 0.05) is 25.2 Å². The molecule has 0 aliphatic carbocycles. The Kier molecular flexibility index (Phi) is 6.72. The fourth-order valence-corrected chi connectivity index (χ4v) is 6.04. The first-order valence-electron chi connectivity index (χ1n) is 11.7. The molecule has 2 fully saturated rings. The lowest BCUT2D eigenvalue weighted by Gasteiger charge is -2.43. The van der Waals surface area contributed by atoms with Gasteiger partial charge in [-0.05, 0) is 42.4 Å². The zero-order chi connectivity index (χ0) is 23.7. The van der Waals surface area contributed by atoms with Gasteiger partial charge >= 0.3 is 0 Å². The molecule has 3 aliphatic heterocycles. The van der Waals surface area contributed by atoms with Crippen LogP contribution in [0.2, 0.25) is 0 Å². The molecule has 0 aromatic heterocycles. The summed E-state index contributed by atoms with van der Waals surface area (Å²) in [5.74, 6) is -0.585. The van der Waals surface area contributed by atoms with Crippen LogP contribution in [0.25, 0.3) is 5.57 Å². The van der Waals surface area contributed by atoms with E-state index in [1.807, 2.05) is 0 Å². The second-order valence-corrected chi connectivity index (χ2v) is 10.2. The summed E-state index contributed by atoms with van der Waals surface area (Å²) in [4.78, 5) is 27.9. The highest BCUT2D eigenvalue weighted by Crippen LogP contribution is 2.38. The normalized spacial score (nSPS) is 27.0. The maximum absolute atomic E-state index is 13.9. The van der Waals surface area contributed by atoms with Crippen LogP contribution in [0.5, 0.6) is 0 Å². The lowest BCUT2D eigenvalue weighted by molar-refractivity contribution is -0.129. The molecular formula is C26H29FN4O2S. The quantitative estimate of drug-likeness (QED) is 0.614. The van der Waals surface area contributed by atoms with Crippen molar-refractivity contribution in [2.45, 2.75) is 43.9 Å². The van der Waals surface area contributed by atoms with E-state index in [0.29, 0.717) is 12.1 Å². The highest BCUT2D eigenvalue weighted by atomic mass is 32.2. The zero-order valence-corrected chi connectivity index (χ0v) is 19.9. The van der Waals surface area contributed by atoms with Crippen molar-refractivity contribution >= 4 is 29.1 Å². The molecule has 3 heterocycles. The average molecular weight is 481 g/mol. The van der Waals surface area contributed by atoms with E-state index in [4.69, 9.17) is 0 Å². The second kappa shape index (κ2) is 9.90. The molecule has 0 saturated carbocycles. The topological polar surface area (TPSA) is 73.5 Å². The van der Waals surface area contributed by atoms with Crippen LogP contribution in [0.15, 0.2) is 53.9 Å². The van der Waals surface area contributed by atoms with Crippen LogP contribution >= 0.6 is 11.8 Å². The van der Waals surface area contributed by atoms with Crippen molar-refractivity contribution in [3.8, 4) is 0 Å². The number of benzene rings is 2. The van der Waals surface area contributed by atoms with Gasteiger partial charge in [0.25, 0.3) is 0 Å². The van der Waals surface area contributed by atoms with Crippen LogP contribution in [0.3, 0.4) is 0 Å². The summed E-state index contributed by atoms with van der Waals surface area (Å²) in [6.07, 6.45) is 1.30. The highest BCUT2D eigenvalue weighted by molar-refractivity contribution is 8.04. The van der Waals surface area contributed by atoms with E-state index in [-0.39, 0.29) is 47.7 Å². The Morgan fingerprint density at radius 1 is 1.21 bits per heavy atom. The largest absolute Gasteiger partial charge is 0.352 e. The molecule has 4 unspecified atom stereocenters. The Bertz CT molecular complexity index is 1110. The van der Waals surface area contributed by atoms with Gasteiger partial charge in [-0.25, -0.2) is 4.39 Å². The molecule has 2 amide bonds. The van der Waals surface area contributed by atoms with Crippen LogP contribution in [-0.2, 0) is 16.1 Å². The fourth-order valence-electron chi connectivity index (χ4n) is 4.89. The standard InChI is InChI=1S/C26H29FN4O2S/c1-16-8-10-17(11-9-16)20-15-34-23-22(20)29-26(30-25(23)33)31-12-4-6-19(14-31)24(32)28-13-18-5-2-3-7-21(18)27/h2-3,5,7-11,15,19,22-23,26,29H,4,6,12-14H2,1H3,(H,28,32)(H,30,33). The molecule has 4 atom stereocenters. The molecule has 5 rings (SSSR count). The van der Waals surface area contributed by atoms with Crippen molar-refractivity contribution in [2.24, 2.45) is 5.92 Å². The fraction of sp³-hybridized carbons (Fsp3) is 0.385. The Morgan fingerprint density at radius 2 is 2.00 bits per heavy atom. The van der Waals surface area contributed by atoms with Crippen LogP contribution in [0.4, 0.5) is 4.39 Å². The van der Waals surface area contributed by atoms with Crippen LogP contribution in [-0.4, -0.2) is 47.4 Å². The highest BCUT2D eigenvalue weighted by Gasteiger charge is 2.44. The zero-order valence-electron chi connectivity index (χ0n) is 19.1. The number of nitrogens with zero attached hydrogens (tertiary/aromatic N) is 1. The molecule has 34 heavy (non-hydrogen) atoms. The summed E-state index contributed by atoms with van der Waals surface area (Å²) < 4.78 is 13.9. The number of carbonyl (C=O) groups excluding carboxylic acids is 2. The maximum atomic E-state index is 13.9. The van der Waals surface area contributed by atoms with Crippen molar-refractivity contribution in [3.63, 3.8) is 0 Å². The molecule has 8 heteroatoms. The van der Waals surface area contributed by atoms with Gasteiger partial charge in [-0.2, -0.15) is 0 Å². The molecule has 0 bridgehead atoms. The van der Waals surface area contributed by atoms with Crippen LogP contribution < -0.4 is 16.0 Å². The Balaban J connectivity index is 1.23. The van der Waals surface area contributed by atoms with Crippen molar-refractivity contribution in [1.29, 1.82) is 0 Å². The summed E-state index contributed by atoms with van der Waals surface area (Å²) in [5.41, 5.74) is 3.93. The first-order chi connectivity index (χ1) is 16.5. The Morgan fingerprint density at radius 3 is 2.79 bits per heavy atom. The van der Waals surface area contributed by atoms with E-state index in [1.54, 1.807) is 30.0 Å². The van der Waals surface area contributed by atoms with E-state index >= 15 is 0 Å². The molecule has 3 N–H and O–H groups in total. The molecule has 178 valence electrons. The first-order valence-corrected chi connectivity index (χ1v) is 12.7. The van der Waals surface area contributed by atoms with Crippen LogP contribution in [0, 0.1) is 18.7 Å². The van der Waals surface area contributed by atoms with E-state index < -0.39 is 0 Å². The predicted octanol–water partition coefficient (Wildman–Crippen LogP) is 2.99. The second-order valence-electron chi connectivity index (χ2n) is 9.19. The summed E-state index contributed by atoms with van der Waals surface area (Å²) in [5, 5.41) is 11.5. The van der Waals surface area contributed by atoms with Gasteiger partial charge in [-0.1, -0.05) is 48.0 Å². The third kappa shape index (κ3) is 4.76. The monoisotopic (exact) mass is 480 g/mol. The molecule has 0 spiro atoms. The number of rotatable bonds is 5. The van der Waals surface area contributed by atoms with Gasteiger partial charge in [-0.15, -0.1) is 11.8 Å². The lowest BCUT2D eigenvalue weighted by Crippen LogP contribution is -2.69. The summed E-state index contributed by atoms with van der Waals surface area (Å²) >= 11 is 1.55. The number of hydrogen-bond acceptors (Lipinski definition) is 5. The smallest absolute Gasteiger partial charge is 0.237 e. The number of aryl methyl sites for hydroxylation is 1. The van der Waals surface area contributed by atoms with Gasteiger partial charge in [0.15, 0.2) is 0 Å². The SMILES string of the molecule is Cc1ccc(C2=CSC3C(=O)NC(N4CCCC(C(=O)NCc5ccccc5F)C4)NC23)cc1. The van der Waals surface area contributed by atoms with Gasteiger partial charge in [-0.3, -0.25) is 19.8 Å². The molecule has 2 aromatic carbocycles. The minimum absolute atomic E-state index is 0.0169. The van der Waals surface area contributed by atoms with Gasteiger partial charge in [0.1, 0.15) is 17.4 Å². The molecule has 6 nitrogen and oxygen atoms in total. The number of thioether (sulfide) groups is 1. The van der Waals surface area contributed by atoms with E-state index in [1.165, 1.54) is 11.6 Å². The number of hydrogen-bond donors (Lipinski definition) is 3. The summed E-state index contributed by atoms with van der Waals surface area (Å²) in [6.45, 7) is 3.57. The Labute approximate surface area is 203 Å². The maximum Gasteiger partial charge on any atom is 0.237 e. The summed E-state index contributed by atoms with van der Waals surface area (Å²) in [7, 11) is 0. The third-order valence-corrected chi connectivity index (χ3v) is 8.01. The van der Waals surface area contributed by atoms with E-state index in [0.717, 1.165) is 30.5 Å². The van der Waals surface area contributed by atoms with Crippen molar-refractivity contribution in [1.82, 2.24) is 20.9 Å². The number of piperidine rings is 1. The minimum Gasteiger partial charge on any atom is -0.352 e. The van der Waals surface area contributed by atoms with Gasteiger partial charge < -0.3 is 10.6 Å². The first kappa shape index (κ1) is 23.1. The third-order valence-electron chi connectivity index (χ3n) is 6.84. The minimum atomic E-state index is -0.330.